The quantitative estimate of drug-likeness (QED) is 0.777. The van der Waals surface area contributed by atoms with Crippen molar-refractivity contribution in [2.45, 2.75) is 31.7 Å². The van der Waals surface area contributed by atoms with Crippen molar-refractivity contribution in [3.05, 3.63) is 41.5 Å². The Balaban J connectivity index is 2.38. The molecule has 0 amide bonds. The minimum Gasteiger partial charge on any atom is -0.324 e. The van der Waals surface area contributed by atoms with Gasteiger partial charge in [0.15, 0.2) is 11.6 Å². The highest BCUT2D eigenvalue weighted by atomic mass is 19.2. The molecule has 0 bridgehead atoms. The van der Waals surface area contributed by atoms with Gasteiger partial charge in [-0.05, 0) is 30.9 Å². The van der Waals surface area contributed by atoms with Crippen LogP contribution >= 0.6 is 0 Å². The van der Waals surface area contributed by atoms with Gasteiger partial charge in [0.1, 0.15) is 0 Å². The van der Waals surface area contributed by atoms with Crippen LogP contribution in [0.2, 0.25) is 0 Å². The van der Waals surface area contributed by atoms with Crippen LogP contribution in [0.5, 0.6) is 0 Å². The fraction of sp³-hybridized carbons (Fsp3) is 0.385. The summed E-state index contributed by atoms with van der Waals surface area (Å²) in [4.78, 5) is 0. The molecular formula is C13H15F2N. The van der Waals surface area contributed by atoms with Crippen LogP contribution in [0, 0.1) is 11.6 Å². The predicted octanol–water partition coefficient (Wildman–Crippen LogP) is 3.25. The van der Waals surface area contributed by atoms with Crippen molar-refractivity contribution < 1.29 is 8.78 Å². The molecule has 2 N–H and O–H groups in total. The number of hydrogen-bond donors (Lipinski definition) is 1. The largest absolute Gasteiger partial charge is 0.324 e. The molecule has 1 aromatic rings. The van der Waals surface area contributed by atoms with E-state index in [-0.39, 0.29) is 6.04 Å². The van der Waals surface area contributed by atoms with Crippen LogP contribution in [0.1, 0.15) is 31.2 Å². The zero-order chi connectivity index (χ0) is 11.5. The Bertz CT molecular complexity index is 412. The Labute approximate surface area is 94.0 Å². The summed E-state index contributed by atoms with van der Waals surface area (Å²) in [6.07, 6.45) is 5.58. The van der Waals surface area contributed by atoms with E-state index in [2.05, 4.69) is 0 Å². The van der Waals surface area contributed by atoms with Gasteiger partial charge in [0.25, 0.3) is 0 Å². The summed E-state index contributed by atoms with van der Waals surface area (Å²) >= 11 is 0. The van der Waals surface area contributed by atoms with Gasteiger partial charge in [-0.2, -0.15) is 0 Å². The highest BCUT2D eigenvalue weighted by Gasteiger charge is 2.15. The smallest absolute Gasteiger partial charge is 0.166 e. The van der Waals surface area contributed by atoms with Crippen LogP contribution in [0.4, 0.5) is 8.78 Å². The van der Waals surface area contributed by atoms with Crippen LogP contribution in [0.25, 0.3) is 5.57 Å². The molecule has 1 atom stereocenters. The van der Waals surface area contributed by atoms with Crippen molar-refractivity contribution in [2.24, 2.45) is 5.73 Å². The average molecular weight is 223 g/mol. The van der Waals surface area contributed by atoms with Gasteiger partial charge in [-0.15, -0.1) is 0 Å². The first-order valence-electron chi connectivity index (χ1n) is 5.59. The fourth-order valence-corrected chi connectivity index (χ4v) is 2.10. The lowest BCUT2D eigenvalue weighted by molar-refractivity contribution is 0.506. The fourth-order valence-electron chi connectivity index (χ4n) is 2.10. The molecule has 86 valence electrons. The predicted molar refractivity (Wildman–Crippen MR) is 60.8 cm³/mol. The van der Waals surface area contributed by atoms with Gasteiger partial charge >= 0.3 is 0 Å². The second-order valence-electron chi connectivity index (χ2n) is 4.20. The van der Waals surface area contributed by atoms with Gasteiger partial charge < -0.3 is 5.73 Å². The van der Waals surface area contributed by atoms with E-state index in [9.17, 15) is 8.78 Å². The van der Waals surface area contributed by atoms with Crippen molar-refractivity contribution >= 4 is 5.57 Å². The van der Waals surface area contributed by atoms with E-state index in [1.807, 2.05) is 6.08 Å². The van der Waals surface area contributed by atoms with Crippen LogP contribution in [-0.4, -0.2) is 6.04 Å². The Morgan fingerprint density at radius 3 is 2.81 bits per heavy atom. The van der Waals surface area contributed by atoms with Crippen molar-refractivity contribution in [1.29, 1.82) is 0 Å². The standard InChI is InChI=1S/C13H15F2N/c14-12-7-3-6-11(13(12)15)9-4-1-2-5-10(16)8-9/h3,6-8,10H,1-2,4-5,16H2. The molecule has 1 aliphatic carbocycles. The first-order chi connectivity index (χ1) is 7.68. The molecule has 0 radical (unpaired) electrons. The van der Waals surface area contributed by atoms with E-state index < -0.39 is 11.6 Å². The first-order valence-corrected chi connectivity index (χ1v) is 5.59. The van der Waals surface area contributed by atoms with Crippen LogP contribution < -0.4 is 5.73 Å². The van der Waals surface area contributed by atoms with E-state index >= 15 is 0 Å². The third-order valence-electron chi connectivity index (χ3n) is 2.95. The summed E-state index contributed by atoms with van der Waals surface area (Å²) in [7, 11) is 0. The SMILES string of the molecule is NC1C=C(c2cccc(F)c2F)CCCC1. The molecule has 1 aromatic carbocycles. The molecule has 1 nitrogen and oxygen atoms in total. The van der Waals surface area contributed by atoms with Gasteiger partial charge in [-0.1, -0.05) is 24.6 Å². The second kappa shape index (κ2) is 4.74. The first kappa shape index (κ1) is 11.3. The summed E-state index contributed by atoms with van der Waals surface area (Å²) < 4.78 is 26.7. The number of benzene rings is 1. The minimum atomic E-state index is -0.795. The van der Waals surface area contributed by atoms with Crippen molar-refractivity contribution in [1.82, 2.24) is 0 Å². The third-order valence-corrected chi connectivity index (χ3v) is 2.95. The topological polar surface area (TPSA) is 26.0 Å². The molecule has 0 fully saturated rings. The second-order valence-corrected chi connectivity index (χ2v) is 4.20. The number of hydrogen-bond acceptors (Lipinski definition) is 1. The number of nitrogens with two attached hydrogens (primary N) is 1. The number of rotatable bonds is 1. The summed E-state index contributed by atoms with van der Waals surface area (Å²) in [5.41, 5.74) is 7.05. The average Bonchev–Trinajstić information content (AvgIpc) is 2.47. The molecule has 1 unspecified atom stereocenters. The highest BCUT2D eigenvalue weighted by molar-refractivity contribution is 5.67. The molecule has 0 aromatic heterocycles. The zero-order valence-corrected chi connectivity index (χ0v) is 9.05. The molecular weight excluding hydrogens is 208 g/mol. The minimum absolute atomic E-state index is 0.0415. The maximum Gasteiger partial charge on any atom is 0.166 e. The molecule has 3 heteroatoms. The van der Waals surface area contributed by atoms with Crippen molar-refractivity contribution in [2.75, 3.05) is 0 Å². The summed E-state index contributed by atoms with van der Waals surface area (Å²) in [5.74, 6) is -1.56. The number of allylic oxidation sites excluding steroid dienone is 1. The van der Waals surface area contributed by atoms with Crippen molar-refractivity contribution in [3.63, 3.8) is 0 Å². The molecule has 0 heterocycles. The Hall–Kier alpha value is -1.22. The molecule has 0 spiro atoms. The van der Waals surface area contributed by atoms with E-state index in [1.165, 1.54) is 6.07 Å². The monoisotopic (exact) mass is 223 g/mol. The van der Waals surface area contributed by atoms with E-state index in [1.54, 1.807) is 6.07 Å². The van der Waals surface area contributed by atoms with Crippen LogP contribution in [0.3, 0.4) is 0 Å². The molecule has 0 saturated heterocycles. The van der Waals surface area contributed by atoms with E-state index in [4.69, 9.17) is 5.73 Å². The number of halogens is 2. The molecule has 0 aliphatic heterocycles. The lowest BCUT2D eigenvalue weighted by Crippen LogP contribution is -2.15. The molecule has 0 saturated carbocycles. The van der Waals surface area contributed by atoms with Crippen LogP contribution in [-0.2, 0) is 0 Å². The van der Waals surface area contributed by atoms with Gasteiger partial charge in [0, 0.05) is 11.6 Å². The lowest BCUT2D eigenvalue weighted by Gasteiger charge is -2.08. The summed E-state index contributed by atoms with van der Waals surface area (Å²) in [6.45, 7) is 0. The maximum absolute atomic E-state index is 13.6. The van der Waals surface area contributed by atoms with E-state index in [0.29, 0.717) is 5.56 Å². The lowest BCUT2D eigenvalue weighted by atomic mass is 10.0. The Morgan fingerprint density at radius 2 is 2.00 bits per heavy atom. The van der Waals surface area contributed by atoms with Crippen LogP contribution in [0.15, 0.2) is 24.3 Å². The van der Waals surface area contributed by atoms with Gasteiger partial charge in [-0.25, -0.2) is 8.78 Å². The molecule has 1 aliphatic rings. The third kappa shape index (κ3) is 2.30. The van der Waals surface area contributed by atoms with Crippen molar-refractivity contribution in [3.8, 4) is 0 Å². The molecule has 2 rings (SSSR count). The van der Waals surface area contributed by atoms with Gasteiger partial charge in [0.05, 0.1) is 0 Å². The maximum atomic E-state index is 13.6. The van der Waals surface area contributed by atoms with Gasteiger partial charge in [0.2, 0.25) is 0 Å². The highest BCUT2D eigenvalue weighted by Crippen LogP contribution is 2.28. The normalized spacial score (nSPS) is 21.4. The summed E-state index contributed by atoms with van der Waals surface area (Å²) in [5, 5.41) is 0. The zero-order valence-electron chi connectivity index (χ0n) is 9.05. The van der Waals surface area contributed by atoms with E-state index in [0.717, 1.165) is 37.3 Å². The van der Waals surface area contributed by atoms with Gasteiger partial charge in [-0.3, -0.25) is 0 Å². The Morgan fingerprint density at radius 1 is 1.19 bits per heavy atom. The molecule has 16 heavy (non-hydrogen) atoms. The summed E-state index contributed by atoms with van der Waals surface area (Å²) in [6, 6.07) is 4.24. The Kier molecular flexibility index (Phi) is 3.34.